The van der Waals surface area contributed by atoms with Crippen LogP contribution in [0, 0.1) is 0 Å². The molecule has 0 atom stereocenters. The lowest BCUT2D eigenvalue weighted by Gasteiger charge is -2.23. The SMILES string of the molecule is CCOC(=O)c1ccccc1NC(=O)CSc1nc(=O)n(CCCN(CC)CC)c2c1CCCC2. The summed E-state index contributed by atoms with van der Waals surface area (Å²) in [7, 11) is 0. The van der Waals surface area contributed by atoms with Gasteiger partial charge in [-0.1, -0.05) is 37.7 Å². The van der Waals surface area contributed by atoms with Crippen molar-refractivity contribution in [2.75, 3.05) is 37.3 Å². The molecule has 0 aliphatic heterocycles. The molecule has 1 amide bonds. The van der Waals surface area contributed by atoms with Crippen LogP contribution in [0.25, 0.3) is 0 Å². The number of esters is 1. The minimum atomic E-state index is -0.476. The average Bonchev–Trinajstić information content (AvgIpc) is 2.87. The number of thioether (sulfide) groups is 1. The van der Waals surface area contributed by atoms with Crippen molar-refractivity contribution in [3.05, 3.63) is 51.6 Å². The van der Waals surface area contributed by atoms with E-state index in [9.17, 15) is 14.4 Å². The first-order chi connectivity index (χ1) is 17.0. The number of fused-ring (bicyclic) bond motifs is 1. The van der Waals surface area contributed by atoms with Gasteiger partial charge >= 0.3 is 11.7 Å². The highest BCUT2D eigenvalue weighted by molar-refractivity contribution is 8.00. The Hall–Kier alpha value is -2.65. The first-order valence-corrected chi connectivity index (χ1v) is 13.5. The topological polar surface area (TPSA) is 93.5 Å². The summed E-state index contributed by atoms with van der Waals surface area (Å²) in [5.41, 5.74) is 2.67. The Morgan fingerprint density at radius 3 is 2.63 bits per heavy atom. The maximum Gasteiger partial charge on any atom is 0.348 e. The molecule has 9 heteroatoms. The third-order valence-electron chi connectivity index (χ3n) is 6.24. The standard InChI is InChI=1S/C26H36N4O4S/c1-4-29(5-2)16-11-17-30-22-15-10-8-13-20(22)24(28-26(30)33)35-18-23(31)27-21-14-9-7-12-19(21)25(32)34-6-3/h7,9,12,14H,4-6,8,10-11,13,15-18H2,1-3H3,(H,27,31). The van der Waals surface area contributed by atoms with E-state index >= 15 is 0 Å². The number of anilines is 1. The second-order valence-corrected chi connectivity index (χ2v) is 9.43. The number of amides is 1. The minimum absolute atomic E-state index is 0.0992. The van der Waals surface area contributed by atoms with Gasteiger partial charge < -0.3 is 15.0 Å². The molecule has 8 nitrogen and oxygen atoms in total. The van der Waals surface area contributed by atoms with Crippen molar-refractivity contribution in [1.82, 2.24) is 14.5 Å². The molecule has 1 N–H and O–H groups in total. The van der Waals surface area contributed by atoms with Crippen molar-refractivity contribution >= 4 is 29.3 Å². The van der Waals surface area contributed by atoms with Crippen LogP contribution in [0.4, 0.5) is 5.69 Å². The number of rotatable bonds is 12. The van der Waals surface area contributed by atoms with Gasteiger partial charge in [0.15, 0.2) is 0 Å². The van der Waals surface area contributed by atoms with Gasteiger partial charge in [-0.05, 0) is 70.8 Å². The van der Waals surface area contributed by atoms with E-state index in [-0.39, 0.29) is 24.0 Å². The Bertz CT molecular complexity index is 1080. The monoisotopic (exact) mass is 500 g/mol. The molecular formula is C26H36N4O4S. The van der Waals surface area contributed by atoms with Gasteiger partial charge in [-0.15, -0.1) is 0 Å². The molecule has 1 aliphatic rings. The molecule has 0 bridgehead atoms. The molecule has 2 aromatic rings. The maximum absolute atomic E-state index is 12.9. The minimum Gasteiger partial charge on any atom is -0.462 e. The van der Waals surface area contributed by atoms with Gasteiger partial charge in [0.1, 0.15) is 5.03 Å². The van der Waals surface area contributed by atoms with Gasteiger partial charge in [0.25, 0.3) is 0 Å². The van der Waals surface area contributed by atoms with Crippen LogP contribution in [-0.2, 0) is 28.9 Å². The number of hydrogen-bond donors (Lipinski definition) is 1. The third-order valence-corrected chi connectivity index (χ3v) is 7.26. The molecule has 1 heterocycles. The first kappa shape index (κ1) is 26.9. The highest BCUT2D eigenvalue weighted by Crippen LogP contribution is 2.29. The van der Waals surface area contributed by atoms with Crippen LogP contribution in [0.2, 0.25) is 0 Å². The second kappa shape index (κ2) is 13.4. The number of nitrogens with one attached hydrogen (secondary N) is 1. The molecule has 35 heavy (non-hydrogen) atoms. The molecule has 0 unspecified atom stereocenters. The van der Waals surface area contributed by atoms with E-state index in [1.807, 2.05) is 4.57 Å². The quantitative estimate of drug-likeness (QED) is 0.269. The molecular weight excluding hydrogens is 464 g/mol. The molecule has 1 aromatic heterocycles. The number of hydrogen-bond acceptors (Lipinski definition) is 7. The normalized spacial score (nSPS) is 12.9. The maximum atomic E-state index is 12.9. The summed E-state index contributed by atoms with van der Waals surface area (Å²) in [4.78, 5) is 44.5. The second-order valence-electron chi connectivity index (χ2n) is 8.47. The molecule has 190 valence electrons. The van der Waals surface area contributed by atoms with Crippen molar-refractivity contribution in [2.24, 2.45) is 0 Å². The van der Waals surface area contributed by atoms with Crippen molar-refractivity contribution < 1.29 is 14.3 Å². The molecule has 1 aromatic carbocycles. The molecule has 0 saturated carbocycles. The highest BCUT2D eigenvalue weighted by Gasteiger charge is 2.21. The number of nitrogens with zero attached hydrogens (tertiary/aromatic N) is 3. The number of aromatic nitrogens is 2. The van der Waals surface area contributed by atoms with Crippen LogP contribution in [-0.4, -0.2) is 58.3 Å². The van der Waals surface area contributed by atoms with E-state index < -0.39 is 5.97 Å². The lowest BCUT2D eigenvalue weighted by atomic mass is 9.97. The van der Waals surface area contributed by atoms with E-state index in [1.54, 1.807) is 31.2 Å². The van der Waals surface area contributed by atoms with Gasteiger partial charge in [-0.3, -0.25) is 9.36 Å². The summed E-state index contributed by atoms with van der Waals surface area (Å²) in [5.74, 6) is -0.639. The molecule has 0 fully saturated rings. The lowest BCUT2D eigenvalue weighted by Crippen LogP contribution is -2.32. The van der Waals surface area contributed by atoms with Gasteiger partial charge in [0, 0.05) is 17.8 Å². The molecule has 0 spiro atoms. The van der Waals surface area contributed by atoms with Crippen molar-refractivity contribution in [2.45, 2.75) is 64.4 Å². The molecule has 1 aliphatic carbocycles. The van der Waals surface area contributed by atoms with E-state index in [2.05, 4.69) is 29.0 Å². The van der Waals surface area contributed by atoms with E-state index in [0.717, 1.165) is 63.0 Å². The van der Waals surface area contributed by atoms with Gasteiger partial charge in [0.2, 0.25) is 5.91 Å². The summed E-state index contributed by atoms with van der Waals surface area (Å²) >= 11 is 1.28. The van der Waals surface area contributed by atoms with Gasteiger partial charge in [-0.25, -0.2) is 9.59 Å². The zero-order valence-electron chi connectivity index (χ0n) is 21.0. The summed E-state index contributed by atoms with van der Waals surface area (Å²) < 4.78 is 6.92. The predicted molar refractivity (Wildman–Crippen MR) is 139 cm³/mol. The smallest absolute Gasteiger partial charge is 0.348 e. The van der Waals surface area contributed by atoms with Crippen LogP contribution in [0.3, 0.4) is 0 Å². The number of ether oxygens (including phenoxy) is 1. The Morgan fingerprint density at radius 2 is 1.89 bits per heavy atom. The fraction of sp³-hybridized carbons (Fsp3) is 0.538. The van der Waals surface area contributed by atoms with Crippen molar-refractivity contribution in [1.29, 1.82) is 0 Å². The third kappa shape index (κ3) is 7.18. The Labute approximate surface area is 211 Å². The number of carbonyl (C=O) groups excluding carboxylic acids is 2. The van der Waals surface area contributed by atoms with E-state index in [4.69, 9.17) is 4.74 Å². The summed E-state index contributed by atoms with van der Waals surface area (Å²) in [6, 6.07) is 6.78. The van der Waals surface area contributed by atoms with Crippen LogP contribution < -0.4 is 11.0 Å². The molecule has 3 rings (SSSR count). The van der Waals surface area contributed by atoms with E-state index in [0.29, 0.717) is 22.8 Å². The molecule has 0 saturated heterocycles. The van der Waals surface area contributed by atoms with E-state index in [1.165, 1.54) is 11.8 Å². The van der Waals surface area contributed by atoms with Gasteiger partial charge in [-0.2, -0.15) is 4.98 Å². The predicted octanol–water partition coefficient (Wildman–Crippen LogP) is 3.76. The van der Waals surface area contributed by atoms with Crippen LogP contribution >= 0.6 is 11.8 Å². The fourth-order valence-electron chi connectivity index (χ4n) is 4.39. The van der Waals surface area contributed by atoms with Crippen molar-refractivity contribution in [3.8, 4) is 0 Å². The zero-order chi connectivity index (χ0) is 25.2. The van der Waals surface area contributed by atoms with Crippen LogP contribution in [0.1, 0.15) is 61.6 Å². The summed E-state index contributed by atoms with van der Waals surface area (Å²) in [6.45, 7) is 9.93. The average molecular weight is 501 g/mol. The van der Waals surface area contributed by atoms with Crippen LogP contribution in [0.15, 0.2) is 34.1 Å². The first-order valence-electron chi connectivity index (χ1n) is 12.5. The molecule has 0 radical (unpaired) electrons. The zero-order valence-corrected chi connectivity index (χ0v) is 21.8. The fourth-order valence-corrected chi connectivity index (χ4v) is 5.27. The Balaban J connectivity index is 1.70. The van der Waals surface area contributed by atoms with Crippen molar-refractivity contribution in [3.63, 3.8) is 0 Å². The summed E-state index contributed by atoms with van der Waals surface area (Å²) in [6.07, 6.45) is 4.75. The largest absolute Gasteiger partial charge is 0.462 e. The lowest BCUT2D eigenvalue weighted by molar-refractivity contribution is -0.113. The Morgan fingerprint density at radius 1 is 1.14 bits per heavy atom. The summed E-state index contributed by atoms with van der Waals surface area (Å²) in [5, 5.41) is 3.45. The van der Waals surface area contributed by atoms with Gasteiger partial charge in [0.05, 0.1) is 23.6 Å². The Kier molecular flexibility index (Phi) is 10.3. The van der Waals surface area contributed by atoms with Crippen LogP contribution in [0.5, 0.6) is 0 Å². The number of carbonyl (C=O) groups is 2. The number of benzene rings is 1. The highest BCUT2D eigenvalue weighted by atomic mass is 32.2. The number of para-hydroxylation sites is 1.